The minimum absolute atomic E-state index is 0.268. The van der Waals surface area contributed by atoms with E-state index in [-0.39, 0.29) is 6.61 Å². The molecule has 3 rings (SSSR count). The van der Waals surface area contributed by atoms with Gasteiger partial charge in [-0.2, -0.15) is 0 Å². The van der Waals surface area contributed by atoms with Crippen molar-refractivity contribution in [2.75, 3.05) is 38.2 Å². The van der Waals surface area contributed by atoms with Crippen LogP contribution in [0.2, 0.25) is 0 Å². The Bertz CT molecular complexity index is 788. The molecule has 2 heterocycles. The Hall–Kier alpha value is -3.11. The third-order valence-corrected chi connectivity index (χ3v) is 7.08. The number of aromatic nitrogens is 1. The summed E-state index contributed by atoms with van der Waals surface area (Å²) in [6.45, 7) is 14.8. The van der Waals surface area contributed by atoms with Crippen molar-refractivity contribution in [1.29, 1.82) is 0 Å². The van der Waals surface area contributed by atoms with Crippen molar-refractivity contribution in [3.05, 3.63) is 37.6 Å². The third-order valence-electron chi connectivity index (χ3n) is 7.08. The van der Waals surface area contributed by atoms with Crippen LogP contribution < -0.4 is 16.0 Å². The quantitative estimate of drug-likeness (QED) is 0.230. The summed E-state index contributed by atoms with van der Waals surface area (Å²) in [5, 5.41) is 10.8. The molecule has 0 aromatic carbocycles. The molecule has 1 aromatic heterocycles. The van der Waals surface area contributed by atoms with Gasteiger partial charge in [0.25, 0.3) is 0 Å². The Balaban J connectivity index is 0. The molecule has 0 radical (unpaired) electrons. The lowest BCUT2D eigenvalue weighted by atomic mass is 9.92. The zero-order valence-electron chi connectivity index (χ0n) is 25.6. The second-order valence-corrected chi connectivity index (χ2v) is 10.0. The van der Waals surface area contributed by atoms with Crippen molar-refractivity contribution >= 4 is 30.7 Å². The number of hydrogen-bond acceptors (Lipinski definition) is 8. The number of Topliss-reactive ketones (excluding diaryl/α,β-unsaturated/α-hetero) is 1. The number of nitrogens with zero attached hydrogens (tertiary/aromatic N) is 3. The zero-order valence-corrected chi connectivity index (χ0v) is 25.6. The van der Waals surface area contributed by atoms with E-state index in [1.165, 1.54) is 25.7 Å². The van der Waals surface area contributed by atoms with Crippen molar-refractivity contribution < 1.29 is 24.3 Å². The molecule has 2 fully saturated rings. The zero-order chi connectivity index (χ0) is 31.5. The summed E-state index contributed by atoms with van der Waals surface area (Å²) in [5.74, 6) is 1.36. The maximum atomic E-state index is 11.5. The van der Waals surface area contributed by atoms with Crippen LogP contribution in [0.1, 0.15) is 78.1 Å². The molecular formula is C31H55N5O5. The highest BCUT2D eigenvalue weighted by Crippen LogP contribution is 2.26. The normalized spacial score (nSPS) is 17.6. The van der Waals surface area contributed by atoms with Crippen LogP contribution in [-0.2, 0) is 19.2 Å². The van der Waals surface area contributed by atoms with Crippen LogP contribution in [0.3, 0.4) is 0 Å². The molecule has 4 N–H and O–H groups in total. The molecule has 1 saturated carbocycles. The van der Waals surface area contributed by atoms with Gasteiger partial charge >= 0.3 is 0 Å². The van der Waals surface area contributed by atoms with Gasteiger partial charge < -0.3 is 30.8 Å². The molecule has 1 aromatic rings. The smallest absolute Gasteiger partial charge is 0.240 e. The van der Waals surface area contributed by atoms with Crippen LogP contribution >= 0.6 is 0 Å². The first-order valence-electron chi connectivity index (χ1n) is 14.6. The van der Waals surface area contributed by atoms with Gasteiger partial charge in [0.05, 0.1) is 13.2 Å². The molecule has 234 valence electrons. The Morgan fingerprint density at radius 2 is 1.83 bits per heavy atom. The number of carbonyl (C=O) groups excluding carboxylic acids is 4. The van der Waals surface area contributed by atoms with Gasteiger partial charge in [0, 0.05) is 25.2 Å². The molecule has 0 unspecified atom stereocenters. The highest BCUT2D eigenvalue weighted by molar-refractivity contribution is 5.83. The van der Waals surface area contributed by atoms with Gasteiger partial charge in [-0.05, 0) is 57.8 Å². The maximum absolute atomic E-state index is 11.5. The number of rotatable bonds is 9. The van der Waals surface area contributed by atoms with E-state index in [1.807, 2.05) is 32.0 Å². The lowest BCUT2D eigenvalue weighted by molar-refractivity contribution is -0.123. The monoisotopic (exact) mass is 577 g/mol. The molecular weight excluding hydrogens is 522 g/mol. The predicted octanol–water partition coefficient (Wildman–Crippen LogP) is 3.52. The van der Waals surface area contributed by atoms with Crippen LogP contribution in [0.15, 0.2) is 37.6 Å². The van der Waals surface area contributed by atoms with E-state index >= 15 is 0 Å². The Morgan fingerprint density at radius 1 is 1.20 bits per heavy atom. The Kier molecular flexibility index (Phi) is 26.4. The molecule has 10 nitrogen and oxygen atoms in total. The lowest BCUT2D eigenvalue weighted by Crippen LogP contribution is -2.41. The van der Waals surface area contributed by atoms with Crippen molar-refractivity contribution in [3.63, 3.8) is 0 Å². The molecule has 0 bridgehead atoms. The van der Waals surface area contributed by atoms with Crippen LogP contribution in [0.5, 0.6) is 0 Å². The van der Waals surface area contributed by atoms with Gasteiger partial charge in [0.2, 0.25) is 12.3 Å². The van der Waals surface area contributed by atoms with Crippen LogP contribution in [0, 0.1) is 5.92 Å². The van der Waals surface area contributed by atoms with Gasteiger partial charge in [-0.3, -0.25) is 14.4 Å². The Morgan fingerprint density at radius 3 is 2.29 bits per heavy atom. The van der Waals surface area contributed by atoms with E-state index in [4.69, 9.17) is 15.6 Å². The number of amides is 2. The summed E-state index contributed by atoms with van der Waals surface area (Å²) >= 11 is 0. The van der Waals surface area contributed by atoms with Crippen LogP contribution in [0.4, 0.5) is 5.82 Å². The van der Waals surface area contributed by atoms with Crippen molar-refractivity contribution in [2.45, 2.75) is 90.1 Å². The first-order chi connectivity index (χ1) is 19.8. The van der Waals surface area contributed by atoms with E-state index < -0.39 is 11.9 Å². The predicted molar refractivity (Wildman–Crippen MR) is 167 cm³/mol. The fourth-order valence-corrected chi connectivity index (χ4v) is 4.62. The fourth-order valence-electron chi connectivity index (χ4n) is 4.62. The topological polar surface area (TPSA) is 146 Å². The molecule has 1 saturated heterocycles. The molecule has 2 atom stereocenters. The van der Waals surface area contributed by atoms with E-state index in [0.717, 1.165) is 44.6 Å². The van der Waals surface area contributed by atoms with Crippen LogP contribution in [-0.4, -0.2) is 85.3 Å². The number of nitrogens with one attached hydrogen (secondary N) is 1. The standard InChI is InChI=1S/C12H16N2O.C11H20N2O2.C5H13NO.C2H4.CH2O/c1-10-5-4-6-11(15)9-14(10)12-7-2-3-8-13-12;12-11(15)10(13-8-14)7-9-5-3-1-2-4-6-9;1-3-6(2)4-5-7;2*1-2/h2-3,7-8,10H,4-6,9H2,1H3;8-10H,1-7H2,(H2,12,15)(H,13,14);7H,3-5H2,1-2H3;1-2H2;1H2/t2*10-;;;/m11.../s1. The van der Waals surface area contributed by atoms with Crippen molar-refractivity contribution in [3.8, 4) is 0 Å². The van der Waals surface area contributed by atoms with Gasteiger partial charge in [-0.15, -0.1) is 13.2 Å². The average molecular weight is 578 g/mol. The minimum atomic E-state index is -0.481. The number of nitrogens with two attached hydrogens (primary N) is 1. The summed E-state index contributed by atoms with van der Waals surface area (Å²) in [7, 11) is 1.98. The first kappa shape index (κ1) is 40.0. The summed E-state index contributed by atoms with van der Waals surface area (Å²) in [6, 6.07) is 5.75. The molecule has 2 aliphatic rings. The number of aliphatic hydroxyl groups excluding tert-OH is 1. The van der Waals surface area contributed by atoms with E-state index in [9.17, 15) is 14.4 Å². The summed E-state index contributed by atoms with van der Waals surface area (Å²) in [4.78, 5) is 49.4. The van der Waals surface area contributed by atoms with Crippen molar-refractivity contribution in [1.82, 2.24) is 15.2 Å². The third kappa shape index (κ3) is 19.6. The fraction of sp³-hybridized carbons (Fsp3) is 0.645. The highest BCUT2D eigenvalue weighted by atomic mass is 16.3. The van der Waals surface area contributed by atoms with E-state index in [0.29, 0.717) is 43.5 Å². The highest BCUT2D eigenvalue weighted by Gasteiger charge is 2.22. The molecule has 1 aliphatic carbocycles. The van der Waals surface area contributed by atoms with Gasteiger partial charge in [-0.25, -0.2) is 4.98 Å². The number of anilines is 1. The maximum Gasteiger partial charge on any atom is 0.240 e. The number of primary amides is 1. The van der Waals surface area contributed by atoms with E-state index in [2.05, 4.69) is 47.1 Å². The largest absolute Gasteiger partial charge is 0.395 e. The number of pyridine rings is 1. The average Bonchev–Trinajstić information content (AvgIpc) is 3.36. The molecule has 10 heteroatoms. The van der Waals surface area contributed by atoms with E-state index in [1.54, 1.807) is 6.20 Å². The minimum Gasteiger partial charge on any atom is -0.395 e. The molecule has 2 amide bonds. The second-order valence-electron chi connectivity index (χ2n) is 10.0. The Labute approximate surface area is 247 Å². The number of aliphatic hydroxyl groups is 1. The second kappa shape index (κ2) is 27.1. The molecule has 41 heavy (non-hydrogen) atoms. The first-order valence-corrected chi connectivity index (χ1v) is 14.6. The summed E-state index contributed by atoms with van der Waals surface area (Å²) in [6.07, 6.45) is 13.2. The summed E-state index contributed by atoms with van der Waals surface area (Å²) in [5.41, 5.74) is 5.22. The van der Waals surface area contributed by atoms with Crippen molar-refractivity contribution in [2.24, 2.45) is 11.7 Å². The number of ketones is 1. The molecule has 1 aliphatic heterocycles. The molecule has 0 spiro atoms. The summed E-state index contributed by atoms with van der Waals surface area (Å²) < 4.78 is 0. The number of hydrogen-bond donors (Lipinski definition) is 3. The lowest BCUT2D eigenvalue weighted by Gasteiger charge is -2.27. The number of carbonyl (C=O) groups is 4. The van der Waals surface area contributed by atoms with Gasteiger partial charge in [-0.1, -0.05) is 51.5 Å². The van der Waals surface area contributed by atoms with Gasteiger partial charge in [0.1, 0.15) is 18.6 Å². The van der Waals surface area contributed by atoms with Gasteiger partial charge in [0.15, 0.2) is 5.78 Å². The SMILES string of the molecule is C=C.C=O.CCN(C)CCO.C[C@@H]1CCCC(=O)CN1c1ccccn1.NC(=O)[C@@H](CC1CCCCCC1)NC=O. The number of likely N-dealkylation sites (N-methyl/N-ethyl adjacent to an activating group) is 1. The van der Waals surface area contributed by atoms with Crippen LogP contribution in [0.25, 0.3) is 0 Å².